The molecule has 1 unspecified atom stereocenters. The van der Waals surface area contributed by atoms with E-state index in [0.717, 1.165) is 17.8 Å². The van der Waals surface area contributed by atoms with E-state index < -0.39 is 0 Å². The largest absolute Gasteiger partial charge is 0.396 e. The van der Waals surface area contributed by atoms with E-state index in [1.54, 1.807) is 7.11 Å². The summed E-state index contributed by atoms with van der Waals surface area (Å²) in [6.07, 6.45) is 0. The van der Waals surface area contributed by atoms with Gasteiger partial charge in [0, 0.05) is 31.5 Å². The molecule has 1 atom stereocenters. The SMILES string of the molecule is COCc1ccccc1NCC(C)CO. The van der Waals surface area contributed by atoms with E-state index in [2.05, 4.69) is 5.32 Å². The van der Waals surface area contributed by atoms with E-state index in [-0.39, 0.29) is 12.5 Å². The molecule has 1 aromatic carbocycles. The molecule has 1 aromatic rings. The van der Waals surface area contributed by atoms with E-state index in [9.17, 15) is 0 Å². The quantitative estimate of drug-likeness (QED) is 0.751. The summed E-state index contributed by atoms with van der Waals surface area (Å²) in [6, 6.07) is 8.05. The van der Waals surface area contributed by atoms with Gasteiger partial charge in [0.15, 0.2) is 0 Å². The Morgan fingerprint density at radius 3 is 2.80 bits per heavy atom. The first-order valence-electron chi connectivity index (χ1n) is 5.19. The van der Waals surface area contributed by atoms with Gasteiger partial charge in [-0.25, -0.2) is 0 Å². The standard InChI is InChI=1S/C12H19NO2/c1-10(8-14)7-13-12-6-4-3-5-11(12)9-15-2/h3-6,10,13-14H,7-9H2,1-2H3. The molecule has 0 bridgehead atoms. The van der Waals surface area contributed by atoms with Gasteiger partial charge in [-0.3, -0.25) is 0 Å². The number of nitrogens with one attached hydrogen (secondary N) is 1. The Hall–Kier alpha value is -1.06. The second-order valence-electron chi connectivity index (χ2n) is 3.76. The molecular weight excluding hydrogens is 190 g/mol. The van der Waals surface area contributed by atoms with Crippen LogP contribution in [0, 0.1) is 5.92 Å². The minimum absolute atomic E-state index is 0.208. The molecule has 0 heterocycles. The first-order valence-corrected chi connectivity index (χ1v) is 5.19. The minimum Gasteiger partial charge on any atom is -0.396 e. The number of benzene rings is 1. The predicted molar refractivity (Wildman–Crippen MR) is 61.9 cm³/mol. The maximum atomic E-state index is 8.92. The first-order chi connectivity index (χ1) is 7.27. The lowest BCUT2D eigenvalue weighted by molar-refractivity contribution is 0.185. The summed E-state index contributed by atoms with van der Waals surface area (Å²) in [7, 11) is 1.69. The van der Waals surface area contributed by atoms with Crippen LogP contribution in [0.4, 0.5) is 5.69 Å². The number of hydrogen-bond acceptors (Lipinski definition) is 3. The number of aliphatic hydroxyl groups excluding tert-OH is 1. The van der Waals surface area contributed by atoms with Crippen molar-refractivity contribution in [3.8, 4) is 0 Å². The third kappa shape index (κ3) is 3.90. The van der Waals surface area contributed by atoms with E-state index >= 15 is 0 Å². The fourth-order valence-corrected chi connectivity index (χ4v) is 1.32. The number of aliphatic hydroxyl groups is 1. The Kier molecular flexibility index (Phi) is 5.15. The van der Waals surface area contributed by atoms with Gasteiger partial charge in [-0.05, 0) is 12.0 Å². The normalized spacial score (nSPS) is 12.5. The van der Waals surface area contributed by atoms with Gasteiger partial charge in [0.25, 0.3) is 0 Å². The molecule has 0 aromatic heterocycles. The third-order valence-electron chi connectivity index (χ3n) is 2.27. The van der Waals surface area contributed by atoms with Crippen LogP contribution in [-0.2, 0) is 11.3 Å². The highest BCUT2D eigenvalue weighted by Gasteiger charge is 2.03. The second kappa shape index (κ2) is 6.43. The summed E-state index contributed by atoms with van der Waals surface area (Å²) in [5.74, 6) is 0.264. The van der Waals surface area contributed by atoms with Crippen LogP contribution in [0.2, 0.25) is 0 Å². The summed E-state index contributed by atoms with van der Waals surface area (Å²) in [6.45, 7) is 3.60. The topological polar surface area (TPSA) is 41.5 Å². The zero-order valence-corrected chi connectivity index (χ0v) is 9.36. The minimum atomic E-state index is 0.208. The first kappa shape index (κ1) is 12.0. The average molecular weight is 209 g/mol. The van der Waals surface area contributed by atoms with Crippen LogP contribution >= 0.6 is 0 Å². The van der Waals surface area contributed by atoms with Crippen molar-refractivity contribution in [1.82, 2.24) is 0 Å². The molecule has 84 valence electrons. The zero-order valence-electron chi connectivity index (χ0n) is 9.36. The molecule has 3 nitrogen and oxygen atoms in total. The Labute approximate surface area is 91.1 Å². The Morgan fingerprint density at radius 1 is 1.40 bits per heavy atom. The molecule has 15 heavy (non-hydrogen) atoms. The van der Waals surface area contributed by atoms with Crippen molar-refractivity contribution in [2.24, 2.45) is 5.92 Å². The number of hydrogen-bond donors (Lipinski definition) is 2. The summed E-state index contributed by atoms with van der Waals surface area (Å²) < 4.78 is 5.11. The van der Waals surface area contributed by atoms with Crippen molar-refractivity contribution in [2.75, 3.05) is 25.6 Å². The number of anilines is 1. The summed E-state index contributed by atoms with van der Waals surface area (Å²) in [4.78, 5) is 0. The molecule has 0 amide bonds. The van der Waals surface area contributed by atoms with Crippen LogP contribution in [-0.4, -0.2) is 25.4 Å². The molecule has 0 saturated carbocycles. The van der Waals surface area contributed by atoms with Crippen LogP contribution in [0.5, 0.6) is 0 Å². The molecule has 0 aliphatic carbocycles. The van der Waals surface area contributed by atoms with Gasteiger partial charge < -0.3 is 15.2 Å². The third-order valence-corrected chi connectivity index (χ3v) is 2.27. The number of methoxy groups -OCH3 is 1. The summed E-state index contributed by atoms with van der Waals surface area (Å²) in [5.41, 5.74) is 2.23. The molecule has 0 aliphatic rings. The van der Waals surface area contributed by atoms with Crippen LogP contribution in [0.15, 0.2) is 24.3 Å². The van der Waals surface area contributed by atoms with E-state index in [4.69, 9.17) is 9.84 Å². The smallest absolute Gasteiger partial charge is 0.0733 e. The molecule has 2 N–H and O–H groups in total. The molecular formula is C12H19NO2. The van der Waals surface area contributed by atoms with E-state index in [0.29, 0.717) is 6.61 Å². The zero-order chi connectivity index (χ0) is 11.1. The van der Waals surface area contributed by atoms with Crippen molar-refractivity contribution in [1.29, 1.82) is 0 Å². The summed E-state index contributed by atoms with van der Waals surface area (Å²) >= 11 is 0. The maximum absolute atomic E-state index is 8.92. The molecule has 0 saturated heterocycles. The van der Waals surface area contributed by atoms with Gasteiger partial charge in [-0.15, -0.1) is 0 Å². The fraction of sp³-hybridized carbons (Fsp3) is 0.500. The lowest BCUT2D eigenvalue weighted by Gasteiger charge is -2.14. The van der Waals surface area contributed by atoms with Crippen molar-refractivity contribution in [3.63, 3.8) is 0 Å². The van der Waals surface area contributed by atoms with Gasteiger partial charge in [0.2, 0.25) is 0 Å². The number of para-hydroxylation sites is 1. The van der Waals surface area contributed by atoms with Crippen molar-refractivity contribution in [2.45, 2.75) is 13.5 Å². The molecule has 3 heteroatoms. The van der Waals surface area contributed by atoms with Crippen molar-refractivity contribution in [3.05, 3.63) is 29.8 Å². The van der Waals surface area contributed by atoms with Gasteiger partial charge in [0.05, 0.1) is 6.61 Å². The average Bonchev–Trinajstić information content (AvgIpc) is 2.28. The fourth-order valence-electron chi connectivity index (χ4n) is 1.32. The molecule has 0 radical (unpaired) electrons. The highest BCUT2D eigenvalue weighted by molar-refractivity contribution is 5.50. The summed E-state index contributed by atoms with van der Waals surface area (Å²) in [5, 5.41) is 12.2. The lowest BCUT2D eigenvalue weighted by atomic mass is 10.1. The van der Waals surface area contributed by atoms with Gasteiger partial charge in [-0.1, -0.05) is 25.1 Å². The highest BCUT2D eigenvalue weighted by atomic mass is 16.5. The van der Waals surface area contributed by atoms with Crippen molar-refractivity contribution >= 4 is 5.69 Å². The maximum Gasteiger partial charge on any atom is 0.0733 e. The van der Waals surface area contributed by atoms with Crippen LogP contribution < -0.4 is 5.32 Å². The number of rotatable bonds is 6. The monoisotopic (exact) mass is 209 g/mol. The van der Waals surface area contributed by atoms with Crippen LogP contribution in [0.25, 0.3) is 0 Å². The van der Waals surface area contributed by atoms with Crippen LogP contribution in [0.1, 0.15) is 12.5 Å². The highest BCUT2D eigenvalue weighted by Crippen LogP contribution is 2.16. The molecule has 0 spiro atoms. The Morgan fingerprint density at radius 2 is 2.13 bits per heavy atom. The Bertz CT molecular complexity index is 289. The van der Waals surface area contributed by atoms with E-state index in [1.165, 1.54) is 0 Å². The molecule has 1 rings (SSSR count). The van der Waals surface area contributed by atoms with Gasteiger partial charge in [0.1, 0.15) is 0 Å². The predicted octanol–water partition coefficient (Wildman–Crippen LogP) is 1.87. The number of ether oxygens (including phenoxy) is 1. The van der Waals surface area contributed by atoms with Crippen molar-refractivity contribution < 1.29 is 9.84 Å². The lowest BCUT2D eigenvalue weighted by Crippen LogP contribution is -2.15. The van der Waals surface area contributed by atoms with E-state index in [1.807, 2.05) is 31.2 Å². The second-order valence-corrected chi connectivity index (χ2v) is 3.76. The molecule has 0 aliphatic heterocycles. The van der Waals surface area contributed by atoms with Crippen LogP contribution in [0.3, 0.4) is 0 Å². The molecule has 0 fully saturated rings. The van der Waals surface area contributed by atoms with Gasteiger partial charge >= 0.3 is 0 Å². The van der Waals surface area contributed by atoms with Gasteiger partial charge in [-0.2, -0.15) is 0 Å². The Balaban J connectivity index is 2.58.